The first kappa shape index (κ1) is 15.8. The minimum absolute atomic E-state index is 0.0806. The molecular weight excluding hydrogens is 286 g/mol. The Morgan fingerprint density at radius 3 is 2.41 bits per heavy atom. The van der Waals surface area contributed by atoms with Gasteiger partial charge < -0.3 is 9.57 Å². The Kier molecular flexibility index (Phi) is 5.30. The van der Waals surface area contributed by atoms with E-state index in [1.54, 1.807) is 30.5 Å². The van der Waals surface area contributed by atoms with Crippen molar-refractivity contribution in [1.82, 2.24) is 5.06 Å². The fraction of sp³-hybridized carbons (Fsp3) is 0.312. The molecule has 0 bridgehead atoms. The van der Waals surface area contributed by atoms with E-state index in [4.69, 9.17) is 9.57 Å². The molecule has 1 aromatic carbocycles. The number of amides is 2. The van der Waals surface area contributed by atoms with E-state index < -0.39 is 17.8 Å². The third-order valence-corrected chi connectivity index (χ3v) is 3.08. The maximum Gasteiger partial charge on any atom is 0.363 e. The molecule has 1 aliphatic heterocycles. The highest BCUT2D eigenvalue weighted by molar-refractivity contribution is 6.02. The molecule has 2 rings (SSSR count). The van der Waals surface area contributed by atoms with Gasteiger partial charge in [-0.3, -0.25) is 9.59 Å². The van der Waals surface area contributed by atoms with Crippen LogP contribution in [0.1, 0.15) is 35.7 Å². The van der Waals surface area contributed by atoms with Crippen LogP contribution in [0.4, 0.5) is 0 Å². The maximum absolute atomic E-state index is 11.9. The number of hydroxylamine groups is 2. The van der Waals surface area contributed by atoms with E-state index in [-0.39, 0.29) is 18.4 Å². The van der Waals surface area contributed by atoms with Gasteiger partial charge in [-0.1, -0.05) is 12.1 Å². The molecule has 6 heteroatoms. The van der Waals surface area contributed by atoms with E-state index >= 15 is 0 Å². The van der Waals surface area contributed by atoms with Crippen LogP contribution in [0, 0.1) is 0 Å². The first-order valence-corrected chi connectivity index (χ1v) is 7.05. The summed E-state index contributed by atoms with van der Waals surface area (Å²) in [7, 11) is 0. The summed E-state index contributed by atoms with van der Waals surface area (Å²) in [6.07, 6.45) is 4.35. The lowest BCUT2D eigenvalue weighted by Crippen LogP contribution is -2.32. The average Bonchev–Trinajstić information content (AvgIpc) is 2.84. The van der Waals surface area contributed by atoms with Crippen molar-refractivity contribution in [3.63, 3.8) is 0 Å². The quantitative estimate of drug-likeness (QED) is 0.593. The Morgan fingerprint density at radius 1 is 1.18 bits per heavy atom. The van der Waals surface area contributed by atoms with Crippen molar-refractivity contribution in [2.45, 2.75) is 26.2 Å². The summed E-state index contributed by atoms with van der Waals surface area (Å²) in [4.78, 5) is 39.5. The highest BCUT2D eigenvalue weighted by Crippen LogP contribution is 2.14. The second kappa shape index (κ2) is 7.40. The SMILES string of the molecule is CCO/C=C/Cc1ccc(C(=O)ON2C(=O)CCC2=O)cc1. The first-order chi connectivity index (χ1) is 10.6. The lowest BCUT2D eigenvalue weighted by molar-refractivity contribution is -0.172. The molecule has 0 spiro atoms. The van der Waals surface area contributed by atoms with Crippen LogP contribution in [0.15, 0.2) is 36.6 Å². The molecule has 0 unspecified atom stereocenters. The Morgan fingerprint density at radius 2 is 1.82 bits per heavy atom. The van der Waals surface area contributed by atoms with Crippen molar-refractivity contribution in [3.05, 3.63) is 47.7 Å². The zero-order valence-corrected chi connectivity index (χ0v) is 12.3. The number of allylic oxidation sites excluding steroid dienone is 1. The predicted octanol–water partition coefficient (Wildman–Crippen LogP) is 2.00. The number of nitrogens with zero attached hydrogens (tertiary/aromatic N) is 1. The summed E-state index contributed by atoms with van der Waals surface area (Å²) >= 11 is 0. The highest BCUT2D eigenvalue weighted by Gasteiger charge is 2.33. The molecule has 0 aliphatic carbocycles. The van der Waals surface area contributed by atoms with Gasteiger partial charge in [0.25, 0.3) is 11.8 Å². The average molecular weight is 303 g/mol. The van der Waals surface area contributed by atoms with E-state index in [0.29, 0.717) is 18.1 Å². The van der Waals surface area contributed by atoms with Crippen LogP contribution in [-0.4, -0.2) is 29.5 Å². The molecule has 0 saturated carbocycles. The minimum atomic E-state index is -0.722. The van der Waals surface area contributed by atoms with Crippen LogP contribution in [0.2, 0.25) is 0 Å². The normalized spacial score (nSPS) is 14.7. The fourth-order valence-corrected chi connectivity index (χ4v) is 1.92. The topological polar surface area (TPSA) is 72.9 Å². The Bertz CT molecular complexity index is 575. The smallest absolute Gasteiger partial charge is 0.363 e. The van der Waals surface area contributed by atoms with Gasteiger partial charge in [0.05, 0.1) is 18.4 Å². The van der Waals surface area contributed by atoms with Gasteiger partial charge in [0.1, 0.15) is 0 Å². The molecule has 0 N–H and O–H groups in total. The molecule has 116 valence electrons. The van der Waals surface area contributed by atoms with Gasteiger partial charge in [-0.25, -0.2) is 4.79 Å². The number of ether oxygens (including phenoxy) is 1. The Balaban J connectivity index is 1.93. The molecule has 0 atom stereocenters. The number of rotatable bonds is 6. The third kappa shape index (κ3) is 3.94. The molecular formula is C16H17NO5. The Hall–Kier alpha value is -2.63. The van der Waals surface area contributed by atoms with Crippen molar-refractivity contribution in [2.24, 2.45) is 0 Å². The van der Waals surface area contributed by atoms with E-state index in [1.807, 2.05) is 13.0 Å². The predicted molar refractivity (Wildman–Crippen MR) is 77.4 cm³/mol. The van der Waals surface area contributed by atoms with Gasteiger partial charge in [-0.05, 0) is 37.1 Å². The van der Waals surface area contributed by atoms with Gasteiger partial charge in [0.15, 0.2) is 0 Å². The summed E-state index contributed by atoms with van der Waals surface area (Å²) < 4.78 is 5.09. The van der Waals surface area contributed by atoms with Crippen molar-refractivity contribution >= 4 is 17.8 Å². The van der Waals surface area contributed by atoms with Crippen LogP contribution in [0.3, 0.4) is 0 Å². The number of hydrogen-bond donors (Lipinski definition) is 0. The largest absolute Gasteiger partial charge is 0.502 e. The molecule has 1 heterocycles. The van der Waals surface area contributed by atoms with Crippen molar-refractivity contribution in [1.29, 1.82) is 0 Å². The van der Waals surface area contributed by atoms with Crippen molar-refractivity contribution in [2.75, 3.05) is 6.61 Å². The molecule has 2 amide bonds. The van der Waals surface area contributed by atoms with Gasteiger partial charge in [-0.15, -0.1) is 5.06 Å². The molecule has 1 fully saturated rings. The van der Waals surface area contributed by atoms with E-state index in [9.17, 15) is 14.4 Å². The van der Waals surface area contributed by atoms with Crippen LogP contribution < -0.4 is 0 Å². The van der Waals surface area contributed by atoms with Gasteiger partial charge in [0.2, 0.25) is 0 Å². The summed E-state index contributed by atoms with van der Waals surface area (Å²) in [5.41, 5.74) is 1.28. The molecule has 22 heavy (non-hydrogen) atoms. The number of imide groups is 1. The Labute approximate surface area is 128 Å². The first-order valence-electron chi connectivity index (χ1n) is 7.05. The van der Waals surface area contributed by atoms with Gasteiger partial charge in [0, 0.05) is 12.8 Å². The second-order valence-corrected chi connectivity index (χ2v) is 4.69. The fourth-order valence-electron chi connectivity index (χ4n) is 1.92. The lowest BCUT2D eigenvalue weighted by Gasteiger charge is -2.12. The lowest BCUT2D eigenvalue weighted by atomic mass is 10.1. The van der Waals surface area contributed by atoms with Crippen LogP contribution >= 0.6 is 0 Å². The van der Waals surface area contributed by atoms with E-state index in [0.717, 1.165) is 5.56 Å². The molecule has 0 aromatic heterocycles. The minimum Gasteiger partial charge on any atom is -0.502 e. The van der Waals surface area contributed by atoms with Crippen molar-refractivity contribution < 1.29 is 24.0 Å². The summed E-state index contributed by atoms with van der Waals surface area (Å²) in [6, 6.07) is 6.75. The number of carbonyl (C=O) groups is 3. The van der Waals surface area contributed by atoms with Crippen LogP contribution in [-0.2, 0) is 25.6 Å². The van der Waals surface area contributed by atoms with E-state index in [2.05, 4.69) is 0 Å². The summed E-state index contributed by atoms with van der Waals surface area (Å²) in [5.74, 6) is -1.70. The zero-order chi connectivity index (χ0) is 15.9. The number of hydrogen-bond acceptors (Lipinski definition) is 5. The maximum atomic E-state index is 11.9. The zero-order valence-electron chi connectivity index (χ0n) is 12.3. The van der Waals surface area contributed by atoms with Crippen LogP contribution in [0.5, 0.6) is 0 Å². The van der Waals surface area contributed by atoms with Gasteiger partial charge in [-0.2, -0.15) is 0 Å². The number of carbonyl (C=O) groups excluding carboxylic acids is 3. The van der Waals surface area contributed by atoms with E-state index in [1.165, 1.54) is 0 Å². The second-order valence-electron chi connectivity index (χ2n) is 4.69. The summed E-state index contributed by atoms with van der Waals surface area (Å²) in [5, 5.41) is 0.543. The third-order valence-electron chi connectivity index (χ3n) is 3.08. The standard InChI is InChI=1S/C16H17NO5/c1-2-21-11-3-4-12-5-7-13(8-6-12)16(20)22-17-14(18)9-10-15(17)19/h3,5-8,11H,2,4,9-10H2,1H3/b11-3+. The summed E-state index contributed by atoms with van der Waals surface area (Å²) in [6.45, 7) is 2.52. The molecule has 0 radical (unpaired) electrons. The van der Waals surface area contributed by atoms with Crippen molar-refractivity contribution in [3.8, 4) is 0 Å². The monoisotopic (exact) mass is 303 g/mol. The number of benzene rings is 1. The van der Waals surface area contributed by atoms with Gasteiger partial charge >= 0.3 is 5.97 Å². The molecule has 1 saturated heterocycles. The van der Waals surface area contributed by atoms with Crippen LogP contribution in [0.25, 0.3) is 0 Å². The molecule has 6 nitrogen and oxygen atoms in total. The highest BCUT2D eigenvalue weighted by atomic mass is 16.7. The molecule has 1 aromatic rings. The molecule has 1 aliphatic rings.